The van der Waals surface area contributed by atoms with Crippen LogP contribution in [-0.4, -0.2) is 29.7 Å². The summed E-state index contributed by atoms with van der Waals surface area (Å²) in [5, 5.41) is 0. The number of benzene rings is 2. The lowest BCUT2D eigenvalue weighted by atomic mass is 9.94. The van der Waals surface area contributed by atoms with Crippen molar-refractivity contribution in [2.45, 2.75) is 44.6 Å². The number of rotatable bonds is 5. The lowest BCUT2D eigenvalue weighted by Gasteiger charge is -2.33. The molecular weight excluding hydrogens is 383 g/mol. The number of alkyl halides is 2. The third-order valence-electron chi connectivity index (χ3n) is 5.32. The van der Waals surface area contributed by atoms with Gasteiger partial charge in [0.2, 0.25) is 0 Å². The Morgan fingerprint density at radius 1 is 1.10 bits per heavy atom. The molecule has 2 unspecified atom stereocenters. The van der Waals surface area contributed by atoms with Crippen LogP contribution in [-0.2, 0) is 11.3 Å². The summed E-state index contributed by atoms with van der Waals surface area (Å²) >= 11 is 0. The van der Waals surface area contributed by atoms with Gasteiger partial charge in [-0.2, -0.15) is 8.78 Å². The van der Waals surface area contributed by atoms with Gasteiger partial charge in [-0.3, -0.25) is 4.90 Å². The molecule has 0 saturated carbocycles. The van der Waals surface area contributed by atoms with Crippen LogP contribution in [0.25, 0.3) is 5.57 Å². The predicted octanol–water partition coefficient (Wildman–Crippen LogP) is 5.38. The van der Waals surface area contributed by atoms with Gasteiger partial charge in [-0.25, -0.2) is 9.18 Å². The summed E-state index contributed by atoms with van der Waals surface area (Å²) in [6, 6.07) is 12.8. The van der Waals surface area contributed by atoms with Gasteiger partial charge in [0.05, 0.1) is 11.6 Å². The molecule has 0 N–H and O–H groups in total. The van der Waals surface area contributed by atoms with Crippen molar-refractivity contribution in [1.82, 2.24) is 4.90 Å². The van der Waals surface area contributed by atoms with E-state index in [1.54, 1.807) is 11.0 Å². The largest absolute Gasteiger partial charge is 0.445 e. The molecule has 2 aliphatic heterocycles. The number of nitrogens with zero attached hydrogens (tertiary/aromatic N) is 1. The van der Waals surface area contributed by atoms with Crippen molar-refractivity contribution in [2.24, 2.45) is 0 Å². The molecule has 4 rings (SSSR count). The summed E-state index contributed by atoms with van der Waals surface area (Å²) in [5.74, 6) is -0.806. The van der Waals surface area contributed by atoms with E-state index in [4.69, 9.17) is 4.74 Å². The minimum atomic E-state index is -3.04. The van der Waals surface area contributed by atoms with E-state index in [1.165, 1.54) is 18.2 Å². The summed E-state index contributed by atoms with van der Waals surface area (Å²) in [6.07, 6.45) is 3.16. The molecule has 1 fully saturated rings. The molecule has 2 aromatic rings. The normalized spacial score (nSPS) is 20.6. The Balaban J connectivity index is 1.53. The van der Waals surface area contributed by atoms with Gasteiger partial charge < -0.3 is 9.47 Å². The Hall–Kier alpha value is -2.96. The van der Waals surface area contributed by atoms with Gasteiger partial charge in [-0.15, -0.1) is 0 Å². The first-order valence-electron chi connectivity index (χ1n) is 9.46. The highest BCUT2D eigenvalue weighted by molar-refractivity contribution is 5.77. The standard InChI is InChI=1S/C22H20F3NO3/c23-18-7-4-8-19(29-21(24)25)20(18)15-11-16-9-10-17(12-15)26(16)22(27)28-13-14-5-2-1-3-6-14/h1-8,11,16-17,21H,9-10,12-13H2. The van der Waals surface area contributed by atoms with E-state index >= 15 is 0 Å². The van der Waals surface area contributed by atoms with E-state index < -0.39 is 18.5 Å². The van der Waals surface area contributed by atoms with Gasteiger partial charge in [0, 0.05) is 6.04 Å². The fraction of sp³-hybridized carbons (Fsp3) is 0.318. The highest BCUT2D eigenvalue weighted by Crippen LogP contribution is 2.42. The highest BCUT2D eigenvalue weighted by Gasteiger charge is 2.41. The molecule has 0 radical (unpaired) electrons. The molecule has 0 aliphatic carbocycles. The van der Waals surface area contributed by atoms with Gasteiger partial charge in [0.25, 0.3) is 0 Å². The number of hydrogen-bond donors (Lipinski definition) is 0. The molecule has 2 heterocycles. The maximum absolute atomic E-state index is 14.5. The minimum absolute atomic E-state index is 0.0435. The third-order valence-corrected chi connectivity index (χ3v) is 5.32. The molecule has 4 nitrogen and oxygen atoms in total. The summed E-state index contributed by atoms with van der Waals surface area (Å²) in [4.78, 5) is 14.3. The first kappa shape index (κ1) is 19.4. The van der Waals surface area contributed by atoms with Crippen LogP contribution < -0.4 is 4.74 Å². The number of fused-ring (bicyclic) bond motifs is 2. The van der Waals surface area contributed by atoms with Crippen LogP contribution in [0.1, 0.15) is 30.4 Å². The minimum Gasteiger partial charge on any atom is -0.445 e. The van der Waals surface area contributed by atoms with Crippen LogP contribution in [0.3, 0.4) is 0 Å². The smallest absolute Gasteiger partial charge is 0.410 e. The molecule has 29 heavy (non-hydrogen) atoms. The maximum atomic E-state index is 14.5. The molecule has 0 aromatic heterocycles. The Bertz CT molecular complexity index is 917. The van der Waals surface area contributed by atoms with Gasteiger partial charge in [-0.05, 0) is 42.5 Å². The number of hydrogen-bond acceptors (Lipinski definition) is 3. The fourth-order valence-corrected chi connectivity index (χ4v) is 4.10. The van der Waals surface area contributed by atoms with Crippen LogP contribution in [0, 0.1) is 5.82 Å². The van der Waals surface area contributed by atoms with Crippen molar-refractivity contribution in [3.8, 4) is 5.75 Å². The Labute approximate surface area is 166 Å². The SMILES string of the molecule is O=C(OCc1ccccc1)N1C2C=C(c3c(F)cccc3OC(F)F)CC1CC2. The monoisotopic (exact) mass is 403 g/mol. The lowest BCUT2D eigenvalue weighted by molar-refractivity contribution is -0.0502. The summed E-state index contributed by atoms with van der Waals surface area (Å²) < 4.78 is 49.9. The predicted molar refractivity (Wildman–Crippen MR) is 101 cm³/mol. The quantitative estimate of drug-likeness (QED) is 0.673. The van der Waals surface area contributed by atoms with Gasteiger partial charge in [0.1, 0.15) is 18.2 Å². The van der Waals surface area contributed by atoms with Crippen molar-refractivity contribution in [1.29, 1.82) is 0 Å². The van der Waals surface area contributed by atoms with E-state index in [2.05, 4.69) is 4.74 Å². The second-order valence-electron chi connectivity index (χ2n) is 7.13. The van der Waals surface area contributed by atoms with Crippen molar-refractivity contribution in [2.75, 3.05) is 0 Å². The highest BCUT2D eigenvalue weighted by atomic mass is 19.3. The van der Waals surface area contributed by atoms with Gasteiger partial charge in [-0.1, -0.05) is 42.5 Å². The van der Waals surface area contributed by atoms with Crippen molar-refractivity contribution >= 4 is 11.7 Å². The van der Waals surface area contributed by atoms with Crippen LogP contribution in [0.5, 0.6) is 5.75 Å². The van der Waals surface area contributed by atoms with Crippen LogP contribution >= 0.6 is 0 Å². The van der Waals surface area contributed by atoms with E-state index in [-0.39, 0.29) is 30.0 Å². The molecule has 1 amide bonds. The topological polar surface area (TPSA) is 38.8 Å². The van der Waals surface area contributed by atoms with Crippen molar-refractivity contribution in [3.63, 3.8) is 0 Å². The first-order valence-corrected chi connectivity index (χ1v) is 9.46. The van der Waals surface area contributed by atoms with E-state index in [9.17, 15) is 18.0 Å². The van der Waals surface area contributed by atoms with Gasteiger partial charge >= 0.3 is 12.7 Å². The van der Waals surface area contributed by atoms with E-state index in [1.807, 2.05) is 30.3 Å². The summed E-state index contributed by atoms with van der Waals surface area (Å²) in [7, 11) is 0. The molecule has 7 heteroatoms. The molecular formula is C22H20F3NO3. The van der Waals surface area contributed by atoms with Crippen LogP contribution in [0.2, 0.25) is 0 Å². The van der Waals surface area contributed by atoms with E-state index in [0.29, 0.717) is 18.4 Å². The maximum Gasteiger partial charge on any atom is 0.410 e. The second kappa shape index (κ2) is 8.19. The second-order valence-corrected chi connectivity index (χ2v) is 7.13. The third kappa shape index (κ3) is 4.09. The Morgan fingerprint density at radius 3 is 2.62 bits per heavy atom. The average Bonchev–Trinajstić information content (AvgIpc) is 2.96. The average molecular weight is 403 g/mol. The van der Waals surface area contributed by atoms with Gasteiger partial charge in [0.15, 0.2) is 0 Å². The first-order chi connectivity index (χ1) is 14.0. The number of carbonyl (C=O) groups excluding carboxylic acids is 1. The Kier molecular flexibility index (Phi) is 5.47. The number of ether oxygens (including phenoxy) is 2. The zero-order valence-electron chi connectivity index (χ0n) is 15.6. The number of carbonyl (C=O) groups is 1. The molecule has 2 bridgehead atoms. The molecule has 2 aromatic carbocycles. The number of halogens is 3. The van der Waals surface area contributed by atoms with Crippen molar-refractivity contribution < 1.29 is 27.4 Å². The number of amides is 1. The molecule has 2 atom stereocenters. The fourth-order valence-electron chi connectivity index (χ4n) is 4.10. The lowest BCUT2D eigenvalue weighted by Crippen LogP contribution is -2.43. The zero-order chi connectivity index (χ0) is 20.4. The van der Waals surface area contributed by atoms with Crippen LogP contribution in [0.15, 0.2) is 54.6 Å². The van der Waals surface area contributed by atoms with Crippen LogP contribution in [0.4, 0.5) is 18.0 Å². The van der Waals surface area contributed by atoms with E-state index in [0.717, 1.165) is 12.0 Å². The summed E-state index contributed by atoms with van der Waals surface area (Å²) in [5.41, 5.74) is 1.52. The molecule has 1 saturated heterocycles. The molecule has 0 spiro atoms. The van der Waals surface area contributed by atoms with Crippen molar-refractivity contribution in [3.05, 3.63) is 71.6 Å². The molecule has 2 aliphatic rings. The Morgan fingerprint density at radius 2 is 1.90 bits per heavy atom. The molecule has 152 valence electrons. The zero-order valence-corrected chi connectivity index (χ0v) is 15.6. The summed E-state index contributed by atoms with van der Waals surface area (Å²) in [6.45, 7) is -2.87.